The molecule has 1 aliphatic heterocycles. The van der Waals surface area contributed by atoms with E-state index in [4.69, 9.17) is 26.6 Å². The Bertz CT molecular complexity index is 507. The van der Waals surface area contributed by atoms with Crippen LogP contribution in [-0.2, 0) is 9.57 Å². The second kappa shape index (κ2) is 6.01. The van der Waals surface area contributed by atoms with Crippen LogP contribution >= 0.6 is 11.6 Å². The number of nitrogens with one attached hydrogen (secondary N) is 2. The van der Waals surface area contributed by atoms with Gasteiger partial charge in [0.2, 0.25) is 0 Å². The van der Waals surface area contributed by atoms with E-state index in [2.05, 4.69) is 10.7 Å². The Morgan fingerprint density at radius 2 is 2.42 bits per heavy atom. The zero-order chi connectivity index (χ0) is 13.8. The van der Waals surface area contributed by atoms with Crippen molar-refractivity contribution >= 4 is 29.4 Å². The molecule has 1 unspecified atom stereocenters. The van der Waals surface area contributed by atoms with Crippen molar-refractivity contribution in [2.75, 3.05) is 12.2 Å². The summed E-state index contributed by atoms with van der Waals surface area (Å²) in [5.74, 6) is 0.380. The highest BCUT2D eigenvalue weighted by atomic mass is 35.5. The van der Waals surface area contributed by atoms with Crippen molar-refractivity contribution in [3.8, 4) is 0 Å². The quantitative estimate of drug-likeness (QED) is 0.813. The maximum absolute atomic E-state index is 7.11. The van der Waals surface area contributed by atoms with Gasteiger partial charge in [0, 0.05) is 18.6 Å². The Labute approximate surface area is 116 Å². The molecule has 0 bridgehead atoms. The second-order valence-electron chi connectivity index (χ2n) is 3.99. The Hall–Kier alpha value is -1.63. The van der Waals surface area contributed by atoms with E-state index in [-0.39, 0.29) is 6.10 Å². The van der Waals surface area contributed by atoms with Gasteiger partial charge >= 0.3 is 0 Å². The highest BCUT2D eigenvalue weighted by molar-refractivity contribution is 6.31. The van der Waals surface area contributed by atoms with Crippen LogP contribution in [0.5, 0.6) is 0 Å². The average Bonchev–Trinajstić information content (AvgIpc) is 2.88. The monoisotopic (exact) mass is 282 g/mol. The number of halogens is 1. The molecule has 0 aliphatic carbocycles. The maximum atomic E-state index is 7.11. The Morgan fingerprint density at radius 1 is 1.63 bits per heavy atom. The van der Waals surface area contributed by atoms with Gasteiger partial charge in [0.05, 0.1) is 5.69 Å². The van der Waals surface area contributed by atoms with Crippen LogP contribution in [0.4, 0.5) is 5.69 Å². The third-order valence-corrected chi connectivity index (χ3v) is 3.20. The normalized spacial score (nSPS) is 15.9. The van der Waals surface area contributed by atoms with Crippen LogP contribution in [-0.4, -0.2) is 25.3 Å². The third-order valence-electron chi connectivity index (χ3n) is 2.79. The number of anilines is 1. The molecule has 0 spiro atoms. The molecular formula is C12H15ClN4O2. The molecule has 2 rings (SSSR count). The lowest BCUT2D eigenvalue weighted by molar-refractivity contribution is 0.115. The molecule has 0 amide bonds. The van der Waals surface area contributed by atoms with E-state index in [1.54, 1.807) is 7.11 Å². The fraction of sp³-hybridized carbons (Fsp3) is 0.333. The molecule has 0 radical (unpaired) electrons. The molecule has 1 heterocycles. The van der Waals surface area contributed by atoms with Gasteiger partial charge in [0.25, 0.3) is 5.90 Å². The molecular weight excluding hydrogens is 268 g/mol. The van der Waals surface area contributed by atoms with Crippen molar-refractivity contribution in [3.05, 3.63) is 28.8 Å². The topological polar surface area (TPSA) is 69.9 Å². The summed E-state index contributed by atoms with van der Waals surface area (Å²) in [6.45, 7) is 1.90. The molecule has 1 aromatic carbocycles. The van der Waals surface area contributed by atoms with Gasteiger partial charge in [0.1, 0.15) is 6.10 Å². The Kier molecular flexibility index (Phi) is 4.36. The van der Waals surface area contributed by atoms with Crippen molar-refractivity contribution in [1.29, 1.82) is 5.41 Å². The number of methoxy groups -OCH3 is 1. The van der Waals surface area contributed by atoms with Crippen LogP contribution in [0.15, 0.2) is 23.3 Å². The van der Waals surface area contributed by atoms with Crippen molar-refractivity contribution in [3.63, 3.8) is 0 Å². The van der Waals surface area contributed by atoms with E-state index in [1.165, 1.54) is 11.3 Å². The molecule has 19 heavy (non-hydrogen) atoms. The number of hydrogen-bond acceptors (Lipinski definition) is 6. The SMILES string of the molecule is COC(CC=N)C1=NN(c2cccc(Cl)c2C)NO1. The molecule has 0 fully saturated rings. The first-order valence-corrected chi connectivity index (χ1v) is 6.13. The lowest BCUT2D eigenvalue weighted by Crippen LogP contribution is -2.29. The first-order valence-electron chi connectivity index (χ1n) is 5.75. The van der Waals surface area contributed by atoms with Gasteiger partial charge < -0.3 is 15.0 Å². The summed E-state index contributed by atoms with van der Waals surface area (Å²) in [4.78, 5) is 5.27. The molecule has 7 heteroatoms. The third kappa shape index (κ3) is 2.86. The summed E-state index contributed by atoms with van der Waals surface area (Å²) in [6, 6.07) is 5.53. The van der Waals surface area contributed by atoms with Crippen molar-refractivity contribution in [2.45, 2.75) is 19.4 Å². The molecule has 0 aromatic heterocycles. The molecule has 2 N–H and O–H groups in total. The summed E-state index contributed by atoms with van der Waals surface area (Å²) >= 11 is 6.07. The summed E-state index contributed by atoms with van der Waals surface area (Å²) in [5, 5.41) is 13.5. The molecule has 102 valence electrons. The van der Waals surface area contributed by atoms with Gasteiger partial charge in [-0.15, -0.1) is 5.10 Å². The van der Waals surface area contributed by atoms with Crippen LogP contribution < -0.4 is 10.7 Å². The van der Waals surface area contributed by atoms with E-state index in [0.29, 0.717) is 17.3 Å². The van der Waals surface area contributed by atoms with Gasteiger partial charge in [-0.25, -0.2) is 0 Å². The molecule has 1 aliphatic rings. The lowest BCUT2D eigenvalue weighted by atomic mass is 10.2. The number of ether oxygens (including phenoxy) is 1. The number of hydrazone groups is 1. The van der Waals surface area contributed by atoms with Crippen LogP contribution in [0, 0.1) is 12.3 Å². The standard InChI is InChI=1S/C12H15ClN4O2/c1-8-9(13)4-3-5-10(8)17-15-12(19-16-17)11(18-2)6-7-14/h3-5,7,11,14,16H,6H2,1-2H3. The minimum atomic E-state index is -0.380. The van der Waals surface area contributed by atoms with Crippen LogP contribution in [0.2, 0.25) is 5.02 Å². The van der Waals surface area contributed by atoms with Crippen LogP contribution in [0.3, 0.4) is 0 Å². The zero-order valence-corrected chi connectivity index (χ0v) is 11.4. The number of benzene rings is 1. The number of hydrogen-bond donors (Lipinski definition) is 2. The average molecular weight is 283 g/mol. The highest BCUT2D eigenvalue weighted by Gasteiger charge is 2.25. The van der Waals surface area contributed by atoms with E-state index in [9.17, 15) is 0 Å². The van der Waals surface area contributed by atoms with Gasteiger partial charge in [-0.05, 0) is 36.4 Å². The first-order chi connectivity index (χ1) is 9.17. The fourth-order valence-corrected chi connectivity index (χ4v) is 1.86. The molecule has 1 aromatic rings. The van der Waals surface area contributed by atoms with Gasteiger partial charge in [-0.1, -0.05) is 17.7 Å². The minimum absolute atomic E-state index is 0.380. The fourth-order valence-electron chi connectivity index (χ4n) is 1.69. The zero-order valence-electron chi connectivity index (χ0n) is 10.7. The summed E-state index contributed by atoms with van der Waals surface area (Å²) in [5.41, 5.74) is 4.37. The van der Waals surface area contributed by atoms with Crippen molar-refractivity contribution < 1.29 is 9.57 Å². The first kappa shape index (κ1) is 13.8. The van der Waals surface area contributed by atoms with Crippen LogP contribution in [0.1, 0.15) is 12.0 Å². The van der Waals surface area contributed by atoms with E-state index in [1.807, 2.05) is 25.1 Å². The smallest absolute Gasteiger partial charge is 0.264 e. The minimum Gasteiger partial charge on any atom is -0.371 e. The Morgan fingerprint density at radius 3 is 3.11 bits per heavy atom. The number of rotatable bonds is 5. The van der Waals surface area contributed by atoms with Crippen molar-refractivity contribution in [2.24, 2.45) is 5.10 Å². The lowest BCUT2D eigenvalue weighted by Gasteiger charge is -2.14. The Balaban J connectivity index is 2.22. The predicted molar refractivity (Wildman–Crippen MR) is 74.5 cm³/mol. The van der Waals surface area contributed by atoms with E-state index >= 15 is 0 Å². The summed E-state index contributed by atoms with van der Waals surface area (Å²) < 4.78 is 5.21. The summed E-state index contributed by atoms with van der Waals surface area (Å²) in [6.07, 6.45) is 1.28. The molecule has 0 saturated carbocycles. The molecule has 1 atom stereocenters. The van der Waals surface area contributed by atoms with Crippen LogP contribution in [0.25, 0.3) is 0 Å². The van der Waals surface area contributed by atoms with Gasteiger partial charge in [-0.3, -0.25) is 0 Å². The largest absolute Gasteiger partial charge is 0.371 e. The van der Waals surface area contributed by atoms with E-state index in [0.717, 1.165) is 11.3 Å². The second-order valence-corrected chi connectivity index (χ2v) is 4.40. The van der Waals surface area contributed by atoms with Gasteiger partial charge in [-0.2, -0.15) is 5.12 Å². The van der Waals surface area contributed by atoms with Gasteiger partial charge in [0.15, 0.2) is 0 Å². The maximum Gasteiger partial charge on any atom is 0.264 e. The van der Waals surface area contributed by atoms with Crippen molar-refractivity contribution in [1.82, 2.24) is 5.59 Å². The predicted octanol–water partition coefficient (Wildman–Crippen LogP) is 2.27. The van der Waals surface area contributed by atoms with E-state index < -0.39 is 0 Å². The number of hydrazine groups is 1. The molecule has 6 nitrogen and oxygen atoms in total. The molecule has 0 saturated heterocycles. The number of nitrogens with zero attached hydrogens (tertiary/aromatic N) is 2. The summed E-state index contributed by atoms with van der Waals surface area (Å²) in [7, 11) is 1.55. The highest BCUT2D eigenvalue weighted by Crippen LogP contribution is 2.27.